The van der Waals surface area contributed by atoms with Crippen LogP contribution in [0.5, 0.6) is 5.75 Å². The van der Waals surface area contributed by atoms with Crippen LogP contribution in [0.25, 0.3) is 16.8 Å². The molecule has 1 amide bonds. The molecule has 4 aromatic rings. The van der Waals surface area contributed by atoms with Gasteiger partial charge in [-0.05, 0) is 55.9 Å². The van der Waals surface area contributed by atoms with E-state index in [0.29, 0.717) is 18.0 Å². The molecule has 2 aliphatic carbocycles. The number of nitrogens with two attached hydrogens (primary N) is 1. The minimum atomic E-state index is -0.513. The predicted molar refractivity (Wildman–Crippen MR) is 146 cm³/mol. The Bertz CT molecular complexity index is 1620. The van der Waals surface area contributed by atoms with Gasteiger partial charge in [-0.1, -0.05) is 24.3 Å². The Balaban J connectivity index is 1.28. The van der Waals surface area contributed by atoms with Crippen molar-refractivity contribution < 1.29 is 23.5 Å². The van der Waals surface area contributed by atoms with Gasteiger partial charge in [-0.3, -0.25) is 14.0 Å². The van der Waals surface area contributed by atoms with E-state index in [-0.39, 0.29) is 23.5 Å². The molecule has 0 unspecified atom stereocenters. The van der Waals surface area contributed by atoms with Gasteiger partial charge in [-0.2, -0.15) is 0 Å². The molecule has 0 atom stereocenters. The molecule has 2 bridgehead atoms. The Morgan fingerprint density at radius 3 is 2.55 bits per heavy atom. The van der Waals surface area contributed by atoms with Crippen LogP contribution in [0.3, 0.4) is 0 Å². The number of nitrogen functional groups attached to an aromatic ring is 1. The molecule has 40 heavy (non-hydrogen) atoms. The van der Waals surface area contributed by atoms with E-state index < -0.39 is 17.1 Å². The van der Waals surface area contributed by atoms with Crippen LogP contribution < -0.4 is 15.8 Å². The van der Waals surface area contributed by atoms with E-state index in [9.17, 15) is 14.0 Å². The molecule has 3 N–H and O–H groups in total. The number of hydrogen-bond donors (Lipinski definition) is 2. The van der Waals surface area contributed by atoms with Gasteiger partial charge in [-0.15, -0.1) is 0 Å². The van der Waals surface area contributed by atoms with Crippen LogP contribution in [-0.4, -0.2) is 40.5 Å². The number of ether oxygens (including phenoxy) is 2. The number of aromatic nitrogens is 3. The highest BCUT2D eigenvalue weighted by atomic mass is 19.1. The summed E-state index contributed by atoms with van der Waals surface area (Å²) < 4.78 is 26.1. The first-order valence-electron chi connectivity index (χ1n) is 13.2. The number of benzene rings is 2. The molecule has 0 spiro atoms. The molecule has 2 saturated carbocycles. The molecule has 0 radical (unpaired) electrons. The van der Waals surface area contributed by atoms with E-state index >= 15 is 0 Å². The molecule has 9 nitrogen and oxygen atoms in total. The van der Waals surface area contributed by atoms with Gasteiger partial charge in [0.2, 0.25) is 0 Å². The summed E-state index contributed by atoms with van der Waals surface area (Å²) >= 11 is 0. The zero-order valence-electron chi connectivity index (χ0n) is 22.4. The molecule has 2 aromatic carbocycles. The number of nitrogens with zero attached hydrogens (tertiary/aromatic N) is 3. The van der Waals surface area contributed by atoms with E-state index in [2.05, 4.69) is 10.3 Å². The van der Waals surface area contributed by atoms with Gasteiger partial charge in [0.1, 0.15) is 34.4 Å². The van der Waals surface area contributed by atoms with Crippen LogP contribution in [0.1, 0.15) is 53.8 Å². The summed E-state index contributed by atoms with van der Waals surface area (Å²) in [7, 11) is 2.89. The van der Waals surface area contributed by atoms with E-state index in [1.807, 2.05) is 34.9 Å². The fourth-order valence-corrected chi connectivity index (χ4v) is 6.56. The molecule has 0 saturated heterocycles. The molecular formula is C30H30FN5O4. The third-order valence-electron chi connectivity index (χ3n) is 8.60. The van der Waals surface area contributed by atoms with Crippen molar-refractivity contribution in [2.75, 3.05) is 20.0 Å². The molecule has 2 heterocycles. The average molecular weight is 544 g/mol. The standard InChI is InChI=1S/C30H30FN5O4/c1-39-22-8-7-20(31)15-21(22)26(37)34-16-18-3-5-19(6-4-18)23-24-25(32)33-13-14-36(24)27(35-23)29-9-11-30(17-29,12-10-29)28(38)40-2/h3-8,13-15H,9-12,16-17H2,1-2H3,(H2,32,33)(H,34,37). The number of carbonyl (C=O) groups excluding carboxylic acids is 2. The number of fused-ring (bicyclic) bond motifs is 3. The average Bonchev–Trinajstić information content (AvgIpc) is 3.68. The number of methoxy groups -OCH3 is 2. The summed E-state index contributed by atoms with van der Waals surface area (Å²) in [4.78, 5) is 34.8. The summed E-state index contributed by atoms with van der Waals surface area (Å²) in [6, 6.07) is 11.5. The first-order valence-corrected chi connectivity index (χ1v) is 13.2. The molecule has 2 aliphatic rings. The van der Waals surface area contributed by atoms with Gasteiger partial charge < -0.3 is 20.5 Å². The fraction of sp³-hybridized carbons (Fsp3) is 0.333. The van der Waals surface area contributed by atoms with Crippen molar-refractivity contribution in [2.45, 2.75) is 44.1 Å². The van der Waals surface area contributed by atoms with Gasteiger partial charge in [0.25, 0.3) is 5.91 Å². The van der Waals surface area contributed by atoms with Crippen molar-refractivity contribution in [1.29, 1.82) is 0 Å². The lowest BCUT2D eigenvalue weighted by Gasteiger charge is -2.25. The quantitative estimate of drug-likeness (QED) is 0.331. The molecule has 206 valence electrons. The number of halogens is 1. The summed E-state index contributed by atoms with van der Waals surface area (Å²) in [5, 5.41) is 2.82. The van der Waals surface area contributed by atoms with Crippen LogP contribution in [0.4, 0.5) is 10.2 Å². The maximum Gasteiger partial charge on any atom is 0.311 e. The second kappa shape index (κ2) is 9.62. The normalized spacial score (nSPS) is 21.5. The van der Waals surface area contributed by atoms with E-state index in [1.165, 1.54) is 26.4 Å². The van der Waals surface area contributed by atoms with E-state index in [1.54, 1.807) is 6.20 Å². The highest BCUT2D eigenvalue weighted by Gasteiger charge is 2.61. The number of hydrogen-bond acceptors (Lipinski definition) is 7. The van der Waals surface area contributed by atoms with Gasteiger partial charge in [-0.25, -0.2) is 14.4 Å². The minimum absolute atomic E-state index is 0.132. The Morgan fingerprint density at radius 1 is 1.10 bits per heavy atom. The number of carbonyl (C=O) groups is 2. The molecule has 10 heteroatoms. The second-order valence-corrected chi connectivity index (χ2v) is 10.8. The lowest BCUT2D eigenvalue weighted by Crippen LogP contribution is -2.27. The largest absolute Gasteiger partial charge is 0.496 e. The lowest BCUT2D eigenvalue weighted by molar-refractivity contribution is -0.152. The Hall–Kier alpha value is -4.47. The van der Waals surface area contributed by atoms with Gasteiger partial charge in [0.05, 0.1) is 25.2 Å². The number of rotatable bonds is 7. The van der Waals surface area contributed by atoms with Crippen LogP contribution in [-0.2, 0) is 21.5 Å². The highest BCUT2D eigenvalue weighted by molar-refractivity contribution is 5.97. The molecule has 6 rings (SSSR count). The highest BCUT2D eigenvalue weighted by Crippen LogP contribution is 2.62. The maximum atomic E-state index is 13.7. The van der Waals surface area contributed by atoms with Gasteiger partial charge >= 0.3 is 5.97 Å². The SMILES string of the molecule is COC(=O)C12CCC(c3nc(-c4ccc(CNC(=O)c5cc(F)ccc5OC)cc4)c4c(N)nccn34)(CC1)C2. The summed E-state index contributed by atoms with van der Waals surface area (Å²) in [5.74, 6) is 0.503. The maximum absolute atomic E-state index is 13.7. The minimum Gasteiger partial charge on any atom is -0.496 e. The third kappa shape index (κ3) is 4.06. The number of anilines is 1. The lowest BCUT2D eigenvalue weighted by atomic mass is 9.81. The van der Waals surface area contributed by atoms with Gasteiger partial charge in [0.15, 0.2) is 0 Å². The Labute approximate surface area is 230 Å². The third-order valence-corrected chi connectivity index (χ3v) is 8.60. The number of imidazole rings is 1. The molecular weight excluding hydrogens is 513 g/mol. The topological polar surface area (TPSA) is 121 Å². The first kappa shape index (κ1) is 25.8. The zero-order valence-corrected chi connectivity index (χ0v) is 22.4. The second-order valence-electron chi connectivity index (χ2n) is 10.8. The van der Waals surface area contributed by atoms with Crippen LogP contribution >= 0.6 is 0 Å². The molecule has 0 aliphatic heterocycles. The summed E-state index contributed by atoms with van der Waals surface area (Å²) in [6.45, 7) is 0.246. The van der Waals surface area contributed by atoms with Crippen LogP contribution in [0.15, 0.2) is 54.9 Å². The fourth-order valence-electron chi connectivity index (χ4n) is 6.56. The smallest absolute Gasteiger partial charge is 0.311 e. The summed E-state index contributed by atoms with van der Waals surface area (Å²) in [5.41, 5.74) is 8.99. The number of esters is 1. The Kier molecular flexibility index (Phi) is 6.20. The van der Waals surface area contributed by atoms with Gasteiger partial charge in [0, 0.05) is 29.9 Å². The monoisotopic (exact) mass is 543 g/mol. The number of nitrogens with one attached hydrogen (secondary N) is 1. The number of amides is 1. The van der Waals surface area contributed by atoms with Crippen molar-refractivity contribution in [3.8, 4) is 17.0 Å². The summed E-state index contributed by atoms with van der Waals surface area (Å²) in [6.07, 6.45) is 7.55. The van der Waals surface area contributed by atoms with Crippen molar-refractivity contribution >= 4 is 23.2 Å². The van der Waals surface area contributed by atoms with Crippen molar-refractivity contribution in [3.63, 3.8) is 0 Å². The van der Waals surface area contributed by atoms with E-state index in [0.717, 1.165) is 59.9 Å². The predicted octanol–water partition coefficient (Wildman–Crippen LogP) is 4.43. The van der Waals surface area contributed by atoms with Crippen molar-refractivity contribution in [2.24, 2.45) is 5.41 Å². The van der Waals surface area contributed by atoms with Crippen molar-refractivity contribution in [1.82, 2.24) is 19.7 Å². The van der Waals surface area contributed by atoms with E-state index in [4.69, 9.17) is 20.2 Å². The van der Waals surface area contributed by atoms with Crippen molar-refractivity contribution in [3.05, 3.63) is 77.6 Å². The molecule has 2 aromatic heterocycles. The van der Waals surface area contributed by atoms with Crippen LogP contribution in [0, 0.1) is 11.2 Å². The van der Waals surface area contributed by atoms with Crippen LogP contribution in [0.2, 0.25) is 0 Å². The Morgan fingerprint density at radius 2 is 1.85 bits per heavy atom. The zero-order chi connectivity index (χ0) is 28.1. The molecule has 2 fully saturated rings. The first-order chi connectivity index (χ1) is 19.3.